The molecule has 0 radical (unpaired) electrons. The first-order valence-corrected chi connectivity index (χ1v) is 6.73. The lowest BCUT2D eigenvalue weighted by Crippen LogP contribution is -2.00. The maximum absolute atomic E-state index is 11.4. The molecule has 3 rings (SSSR count). The molecule has 1 fully saturated rings. The number of esters is 1. The highest BCUT2D eigenvalue weighted by atomic mass is 32.1. The van der Waals surface area contributed by atoms with Gasteiger partial charge in [0.15, 0.2) is 0 Å². The molecule has 1 aromatic carbocycles. The standard InChI is InChI=1S/C13H12N2O3S/c1-17-12(16)9-3-2-4-10(7-9)18-13-14-11(15-19-13)8-5-6-8/h2-4,7-8H,5-6H2,1H3. The fraction of sp³-hybridized carbons (Fsp3) is 0.308. The van der Waals surface area contributed by atoms with Gasteiger partial charge in [0.2, 0.25) is 0 Å². The largest absolute Gasteiger partial charge is 0.465 e. The normalized spacial score (nSPS) is 14.2. The summed E-state index contributed by atoms with van der Waals surface area (Å²) < 4.78 is 14.5. The molecule has 0 bridgehead atoms. The first-order chi connectivity index (χ1) is 9.26. The number of aromatic nitrogens is 2. The van der Waals surface area contributed by atoms with Gasteiger partial charge in [-0.3, -0.25) is 0 Å². The van der Waals surface area contributed by atoms with Gasteiger partial charge in [-0.15, -0.1) is 0 Å². The number of hydrogen-bond acceptors (Lipinski definition) is 6. The Kier molecular flexibility index (Phi) is 3.16. The molecule has 1 aromatic heterocycles. The smallest absolute Gasteiger partial charge is 0.337 e. The lowest BCUT2D eigenvalue weighted by atomic mass is 10.2. The van der Waals surface area contributed by atoms with Gasteiger partial charge in [0, 0.05) is 17.5 Å². The van der Waals surface area contributed by atoms with E-state index in [1.54, 1.807) is 24.3 Å². The summed E-state index contributed by atoms with van der Waals surface area (Å²) in [6.07, 6.45) is 2.32. The Bertz CT molecular complexity index is 607. The Morgan fingerprint density at radius 3 is 3.00 bits per heavy atom. The fourth-order valence-corrected chi connectivity index (χ4v) is 2.30. The van der Waals surface area contributed by atoms with Crippen molar-refractivity contribution in [3.05, 3.63) is 35.7 Å². The molecule has 0 amide bonds. The van der Waals surface area contributed by atoms with Crippen LogP contribution < -0.4 is 4.74 Å². The van der Waals surface area contributed by atoms with Crippen molar-refractivity contribution < 1.29 is 14.3 Å². The van der Waals surface area contributed by atoms with Gasteiger partial charge in [-0.2, -0.15) is 9.36 Å². The maximum atomic E-state index is 11.4. The molecule has 0 saturated heterocycles. The van der Waals surface area contributed by atoms with E-state index >= 15 is 0 Å². The zero-order chi connectivity index (χ0) is 13.2. The van der Waals surface area contributed by atoms with E-state index < -0.39 is 0 Å². The third-order valence-electron chi connectivity index (χ3n) is 2.83. The van der Waals surface area contributed by atoms with Crippen LogP contribution >= 0.6 is 11.5 Å². The van der Waals surface area contributed by atoms with E-state index in [0.717, 1.165) is 18.7 Å². The van der Waals surface area contributed by atoms with Crippen molar-refractivity contribution in [1.82, 2.24) is 9.36 Å². The van der Waals surface area contributed by atoms with E-state index in [1.165, 1.54) is 18.6 Å². The molecular weight excluding hydrogens is 264 g/mol. The second kappa shape index (κ2) is 4.97. The molecule has 0 atom stereocenters. The molecule has 5 nitrogen and oxygen atoms in total. The number of nitrogens with zero attached hydrogens (tertiary/aromatic N) is 2. The molecule has 0 aliphatic heterocycles. The minimum absolute atomic E-state index is 0.388. The van der Waals surface area contributed by atoms with Gasteiger partial charge in [-0.05, 0) is 31.0 Å². The second-order valence-corrected chi connectivity index (χ2v) is 5.03. The molecule has 19 heavy (non-hydrogen) atoms. The van der Waals surface area contributed by atoms with Crippen LogP contribution in [0.3, 0.4) is 0 Å². The van der Waals surface area contributed by atoms with Crippen molar-refractivity contribution in [3.63, 3.8) is 0 Å². The van der Waals surface area contributed by atoms with Gasteiger partial charge < -0.3 is 9.47 Å². The van der Waals surface area contributed by atoms with Gasteiger partial charge in [-0.25, -0.2) is 4.79 Å². The van der Waals surface area contributed by atoms with Crippen LogP contribution in [0.5, 0.6) is 10.9 Å². The highest BCUT2D eigenvalue weighted by molar-refractivity contribution is 7.07. The first-order valence-electron chi connectivity index (χ1n) is 5.96. The van der Waals surface area contributed by atoms with Gasteiger partial charge in [-0.1, -0.05) is 6.07 Å². The lowest BCUT2D eigenvalue weighted by Gasteiger charge is -2.03. The van der Waals surface area contributed by atoms with Crippen molar-refractivity contribution in [2.24, 2.45) is 0 Å². The van der Waals surface area contributed by atoms with Crippen LogP contribution in [-0.4, -0.2) is 22.4 Å². The molecule has 0 spiro atoms. The van der Waals surface area contributed by atoms with E-state index in [2.05, 4.69) is 14.1 Å². The first kappa shape index (κ1) is 12.1. The van der Waals surface area contributed by atoms with Crippen molar-refractivity contribution >= 4 is 17.5 Å². The van der Waals surface area contributed by atoms with E-state index in [1.807, 2.05) is 0 Å². The third-order valence-corrected chi connectivity index (χ3v) is 3.44. The van der Waals surface area contributed by atoms with Gasteiger partial charge >= 0.3 is 5.97 Å². The molecule has 1 aliphatic carbocycles. The van der Waals surface area contributed by atoms with E-state index in [9.17, 15) is 4.79 Å². The van der Waals surface area contributed by atoms with Crippen molar-refractivity contribution in [3.8, 4) is 10.9 Å². The van der Waals surface area contributed by atoms with Gasteiger partial charge in [0.1, 0.15) is 11.6 Å². The van der Waals surface area contributed by atoms with Gasteiger partial charge in [0.25, 0.3) is 5.19 Å². The average Bonchev–Trinajstić information content (AvgIpc) is 3.19. The molecule has 6 heteroatoms. The van der Waals surface area contributed by atoms with Crippen LogP contribution in [-0.2, 0) is 4.74 Å². The molecule has 98 valence electrons. The fourth-order valence-electron chi connectivity index (χ4n) is 1.67. The minimum atomic E-state index is -0.388. The molecule has 1 aliphatic rings. The Morgan fingerprint density at radius 1 is 1.42 bits per heavy atom. The second-order valence-electron chi connectivity index (χ2n) is 4.31. The Labute approximate surface area is 114 Å². The van der Waals surface area contributed by atoms with Crippen LogP contribution in [0.25, 0.3) is 0 Å². The van der Waals surface area contributed by atoms with Crippen molar-refractivity contribution in [2.45, 2.75) is 18.8 Å². The predicted octanol–water partition coefficient (Wildman–Crippen LogP) is 2.99. The summed E-state index contributed by atoms with van der Waals surface area (Å²) in [6.45, 7) is 0. The molecule has 1 heterocycles. The zero-order valence-electron chi connectivity index (χ0n) is 10.3. The maximum Gasteiger partial charge on any atom is 0.337 e. The number of hydrogen-bond donors (Lipinski definition) is 0. The van der Waals surface area contributed by atoms with Crippen molar-refractivity contribution in [2.75, 3.05) is 7.11 Å². The number of methoxy groups -OCH3 is 1. The summed E-state index contributed by atoms with van der Waals surface area (Å²) in [4.78, 5) is 15.7. The number of benzene rings is 1. The number of ether oxygens (including phenoxy) is 2. The predicted molar refractivity (Wildman–Crippen MR) is 69.7 cm³/mol. The van der Waals surface area contributed by atoms with Gasteiger partial charge in [0.05, 0.1) is 12.7 Å². The van der Waals surface area contributed by atoms with E-state index in [4.69, 9.17) is 4.74 Å². The summed E-state index contributed by atoms with van der Waals surface area (Å²) in [5, 5.41) is 0.504. The number of carbonyl (C=O) groups excluding carboxylic acids is 1. The highest BCUT2D eigenvalue weighted by Gasteiger charge is 2.28. The SMILES string of the molecule is COC(=O)c1cccc(Oc2nc(C3CC3)ns2)c1. The summed E-state index contributed by atoms with van der Waals surface area (Å²) in [6, 6.07) is 6.81. The average molecular weight is 276 g/mol. The summed E-state index contributed by atoms with van der Waals surface area (Å²) in [7, 11) is 1.35. The van der Waals surface area contributed by atoms with E-state index in [-0.39, 0.29) is 5.97 Å². The molecule has 0 unspecified atom stereocenters. The van der Waals surface area contributed by atoms with Crippen molar-refractivity contribution in [1.29, 1.82) is 0 Å². The van der Waals surface area contributed by atoms with Crippen LogP contribution in [0.2, 0.25) is 0 Å². The molecule has 0 N–H and O–H groups in total. The quantitative estimate of drug-likeness (QED) is 0.803. The summed E-state index contributed by atoms with van der Waals surface area (Å²) in [5.41, 5.74) is 0.451. The summed E-state index contributed by atoms with van der Waals surface area (Å²) in [5.74, 6) is 1.54. The Balaban J connectivity index is 1.76. The number of rotatable bonds is 4. The Morgan fingerprint density at radius 2 is 2.26 bits per heavy atom. The monoisotopic (exact) mass is 276 g/mol. The lowest BCUT2D eigenvalue weighted by molar-refractivity contribution is 0.0600. The number of carbonyl (C=O) groups is 1. The highest BCUT2D eigenvalue weighted by Crippen LogP contribution is 2.40. The van der Waals surface area contributed by atoms with Crippen LogP contribution in [0.15, 0.2) is 24.3 Å². The van der Waals surface area contributed by atoms with Crippen LogP contribution in [0.4, 0.5) is 0 Å². The molecule has 2 aromatic rings. The molecular formula is C13H12N2O3S. The van der Waals surface area contributed by atoms with Crippen LogP contribution in [0.1, 0.15) is 34.9 Å². The zero-order valence-corrected chi connectivity index (χ0v) is 11.1. The topological polar surface area (TPSA) is 61.3 Å². The molecule has 1 saturated carbocycles. The Hall–Kier alpha value is -1.95. The van der Waals surface area contributed by atoms with E-state index in [0.29, 0.717) is 22.4 Å². The third kappa shape index (κ3) is 2.73. The summed E-state index contributed by atoms with van der Waals surface area (Å²) >= 11 is 1.23. The van der Waals surface area contributed by atoms with Crippen LogP contribution in [0, 0.1) is 0 Å². The minimum Gasteiger partial charge on any atom is -0.465 e.